The van der Waals surface area contributed by atoms with Crippen molar-refractivity contribution in [3.8, 4) is 0 Å². The smallest absolute Gasteiger partial charge is 0.236 e. The summed E-state index contributed by atoms with van der Waals surface area (Å²) < 4.78 is 0. The van der Waals surface area contributed by atoms with Crippen LogP contribution in [0.4, 0.5) is 0 Å². The molecule has 0 aliphatic carbocycles. The molecule has 1 aromatic rings. The Labute approximate surface area is 173 Å². The molecule has 2 fully saturated rings. The Morgan fingerprint density at radius 2 is 1.96 bits per heavy atom. The van der Waals surface area contributed by atoms with Crippen LogP contribution in [0.1, 0.15) is 47.2 Å². The molecule has 1 aromatic carbocycles. The quantitative estimate of drug-likeness (QED) is 0.759. The predicted octanol–water partition coefficient (Wildman–Crippen LogP) is 2.11. The van der Waals surface area contributed by atoms with E-state index >= 15 is 0 Å². The van der Waals surface area contributed by atoms with Crippen molar-refractivity contribution < 1.29 is 14.4 Å². The van der Waals surface area contributed by atoms with E-state index in [9.17, 15) is 14.4 Å². The molecule has 6 nitrogen and oxygen atoms in total. The lowest BCUT2D eigenvalue weighted by Crippen LogP contribution is -2.57. The van der Waals surface area contributed by atoms with Crippen molar-refractivity contribution in [2.45, 2.75) is 45.6 Å². The van der Waals surface area contributed by atoms with Crippen LogP contribution in [0.3, 0.4) is 0 Å². The number of rotatable bonds is 5. The summed E-state index contributed by atoms with van der Waals surface area (Å²) in [5.74, 6) is 0.155. The first-order valence-corrected chi connectivity index (χ1v) is 9.84. The van der Waals surface area contributed by atoms with E-state index in [0.717, 1.165) is 30.5 Å². The number of hydrogen-bond acceptors (Lipinski definition) is 4. The Bertz CT molecular complexity index is 738. The molecule has 0 spiro atoms. The van der Waals surface area contributed by atoms with Gasteiger partial charge in [0.2, 0.25) is 11.8 Å². The number of ketones is 1. The van der Waals surface area contributed by atoms with Crippen LogP contribution in [0, 0.1) is 13.8 Å². The third-order valence-corrected chi connectivity index (χ3v) is 5.58. The van der Waals surface area contributed by atoms with Gasteiger partial charge in [-0.05, 0) is 38.3 Å². The van der Waals surface area contributed by atoms with Crippen LogP contribution in [-0.4, -0.2) is 66.2 Å². The number of nitrogens with one attached hydrogen (secondary N) is 1. The summed E-state index contributed by atoms with van der Waals surface area (Å²) in [6.45, 7) is 7.09. The van der Waals surface area contributed by atoms with Gasteiger partial charge in [-0.1, -0.05) is 17.7 Å². The number of nitrogens with zero attached hydrogens (tertiary/aromatic N) is 2. The van der Waals surface area contributed by atoms with Gasteiger partial charge in [-0.25, -0.2) is 0 Å². The minimum Gasteiger partial charge on any atom is -0.341 e. The van der Waals surface area contributed by atoms with E-state index < -0.39 is 0 Å². The first kappa shape index (κ1) is 22.4. The number of amides is 2. The second-order valence-electron chi connectivity index (χ2n) is 7.64. The van der Waals surface area contributed by atoms with Crippen LogP contribution in [0.2, 0.25) is 0 Å². The number of Topliss-reactive ketones (excluding diaryl/α,β-unsaturated/α-hetero) is 1. The van der Waals surface area contributed by atoms with E-state index in [2.05, 4.69) is 5.32 Å². The van der Waals surface area contributed by atoms with E-state index in [4.69, 9.17) is 0 Å². The van der Waals surface area contributed by atoms with Gasteiger partial charge < -0.3 is 15.1 Å². The zero-order valence-corrected chi connectivity index (χ0v) is 17.5. The number of hydrogen-bond donors (Lipinski definition) is 1. The number of aryl methyl sites for hydroxylation is 2. The molecule has 3 rings (SSSR count). The maximum Gasteiger partial charge on any atom is 0.236 e. The average molecular weight is 408 g/mol. The van der Waals surface area contributed by atoms with Gasteiger partial charge >= 0.3 is 0 Å². The number of piperazine rings is 1. The first-order valence-electron chi connectivity index (χ1n) is 9.84. The summed E-state index contributed by atoms with van der Waals surface area (Å²) in [5.41, 5.74) is 2.72. The number of piperidine rings is 1. The van der Waals surface area contributed by atoms with E-state index in [0.29, 0.717) is 31.7 Å². The molecule has 0 radical (unpaired) electrons. The number of carbonyl (C=O) groups excluding carboxylic acids is 3. The van der Waals surface area contributed by atoms with Crippen LogP contribution < -0.4 is 5.32 Å². The van der Waals surface area contributed by atoms with Gasteiger partial charge in [-0.2, -0.15) is 0 Å². The molecule has 1 N–H and O–H groups in total. The molecular weight excluding hydrogens is 378 g/mol. The average Bonchev–Trinajstić information content (AvgIpc) is 2.68. The summed E-state index contributed by atoms with van der Waals surface area (Å²) >= 11 is 0. The highest BCUT2D eigenvalue weighted by Crippen LogP contribution is 2.19. The number of likely N-dealkylation sites (tertiary alicyclic amines) is 1. The van der Waals surface area contributed by atoms with Crippen molar-refractivity contribution in [3.05, 3.63) is 34.9 Å². The summed E-state index contributed by atoms with van der Waals surface area (Å²) in [6.07, 6.45) is 2.31. The van der Waals surface area contributed by atoms with Crippen molar-refractivity contribution >= 4 is 30.0 Å². The SMILES string of the molecule is Cc1ccc(C)c(C(=O)CCC(=O)N2CCCC(N3CCNCC3=O)C2)c1.Cl. The van der Waals surface area contributed by atoms with E-state index in [1.165, 1.54) is 0 Å². The van der Waals surface area contributed by atoms with Gasteiger partial charge in [0, 0.05) is 50.6 Å². The monoisotopic (exact) mass is 407 g/mol. The van der Waals surface area contributed by atoms with E-state index in [1.54, 1.807) is 0 Å². The van der Waals surface area contributed by atoms with Crippen LogP contribution in [0.15, 0.2) is 18.2 Å². The normalized spacial score (nSPS) is 19.9. The zero-order chi connectivity index (χ0) is 19.4. The largest absolute Gasteiger partial charge is 0.341 e. The zero-order valence-electron chi connectivity index (χ0n) is 16.7. The lowest BCUT2D eigenvalue weighted by molar-refractivity contribution is -0.140. The molecule has 2 saturated heterocycles. The number of halogens is 1. The number of carbonyl (C=O) groups is 3. The molecular formula is C21H30ClN3O3. The minimum absolute atomic E-state index is 0. The fourth-order valence-electron chi connectivity index (χ4n) is 3.99. The van der Waals surface area contributed by atoms with Gasteiger partial charge in [0.05, 0.1) is 6.54 Å². The fraction of sp³-hybridized carbons (Fsp3) is 0.571. The highest BCUT2D eigenvalue weighted by molar-refractivity contribution is 5.99. The van der Waals surface area contributed by atoms with Gasteiger partial charge in [0.25, 0.3) is 0 Å². The predicted molar refractivity (Wildman–Crippen MR) is 111 cm³/mol. The molecule has 7 heteroatoms. The van der Waals surface area contributed by atoms with Crippen LogP contribution in [0.5, 0.6) is 0 Å². The molecule has 2 heterocycles. The molecule has 2 aliphatic heterocycles. The van der Waals surface area contributed by atoms with E-state index in [1.807, 2.05) is 41.8 Å². The molecule has 28 heavy (non-hydrogen) atoms. The van der Waals surface area contributed by atoms with E-state index in [-0.39, 0.29) is 48.9 Å². The van der Waals surface area contributed by atoms with Gasteiger partial charge in [-0.3, -0.25) is 14.4 Å². The molecule has 0 saturated carbocycles. The van der Waals surface area contributed by atoms with Crippen molar-refractivity contribution in [1.29, 1.82) is 0 Å². The lowest BCUT2D eigenvalue weighted by Gasteiger charge is -2.41. The van der Waals surface area contributed by atoms with Crippen LogP contribution in [-0.2, 0) is 9.59 Å². The molecule has 2 aliphatic rings. The fourth-order valence-corrected chi connectivity index (χ4v) is 3.99. The van der Waals surface area contributed by atoms with Crippen LogP contribution in [0.25, 0.3) is 0 Å². The first-order chi connectivity index (χ1) is 13.0. The Balaban J connectivity index is 0.00000280. The third-order valence-electron chi connectivity index (χ3n) is 5.58. The van der Waals surface area contributed by atoms with Crippen molar-refractivity contribution in [2.24, 2.45) is 0 Å². The van der Waals surface area contributed by atoms with Crippen molar-refractivity contribution in [3.63, 3.8) is 0 Å². The van der Waals surface area contributed by atoms with Gasteiger partial charge in [-0.15, -0.1) is 12.4 Å². The van der Waals surface area contributed by atoms with Gasteiger partial charge in [0.15, 0.2) is 5.78 Å². The standard InChI is InChI=1S/C21H29N3O3.ClH/c1-15-5-6-16(2)18(12-15)19(25)7-8-20(26)23-10-3-4-17(14-23)24-11-9-22-13-21(24)27;/h5-6,12,17,22H,3-4,7-11,13-14H2,1-2H3;1H. The summed E-state index contributed by atoms with van der Waals surface area (Å²) in [6, 6.07) is 5.94. The Hall–Kier alpha value is -1.92. The second-order valence-corrected chi connectivity index (χ2v) is 7.64. The lowest BCUT2D eigenvalue weighted by atomic mass is 9.98. The Morgan fingerprint density at radius 1 is 1.18 bits per heavy atom. The molecule has 0 aromatic heterocycles. The highest BCUT2D eigenvalue weighted by atomic mass is 35.5. The Kier molecular flexibility index (Phi) is 8.01. The van der Waals surface area contributed by atoms with Crippen molar-refractivity contribution in [1.82, 2.24) is 15.1 Å². The summed E-state index contributed by atoms with van der Waals surface area (Å²) in [7, 11) is 0. The Morgan fingerprint density at radius 3 is 2.71 bits per heavy atom. The van der Waals surface area contributed by atoms with Crippen LogP contribution >= 0.6 is 12.4 Å². The maximum absolute atomic E-state index is 12.7. The third kappa shape index (κ3) is 5.32. The maximum atomic E-state index is 12.7. The molecule has 1 atom stereocenters. The summed E-state index contributed by atoms with van der Waals surface area (Å²) in [5, 5.41) is 3.09. The molecule has 154 valence electrons. The molecule has 0 bridgehead atoms. The highest BCUT2D eigenvalue weighted by Gasteiger charge is 2.31. The topological polar surface area (TPSA) is 69.7 Å². The minimum atomic E-state index is 0. The molecule has 1 unspecified atom stereocenters. The van der Waals surface area contributed by atoms with Crippen molar-refractivity contribution in [2.75, 3.05) is 32.7 Å². The summed E-state index contributed by atoms with van der Waals surface area (Å²) in [4.78, 5) is 41.0. The number of benzene rings is 1. The second kappa shape index (κ2) is 10.0. The van der Waals surface area contributed by atoms with Gasteiger partial charge in [0.1, 0.15) is 0 Å². The molecule has 2 amide bonds.